The van der Waals surface area contributed by atoms with Crippen LogP contribution in [0.2, 0.25) is 0 Å². The molecule has 1 saturated heterocycles. The Morgan fingerprint density at radius 1 is 1.10 bits per heavy atom. The Morgan fingerprint density at radius 3 is 2.00 bits per heavy atom. The van der Waals surface area contributed by atoms with E-state index in [0.717, 1.165) is 6.42 Å². The molecule has 1 aliphatic rings. The topological polar surface area (TPSA) is 75.9 Å². The number of piperazine rings is 1. The summed E-state index contributed by atoms with van der Waals surface area (Å²) in [7, 11) is 1.51. The molecule has 122 valence electrons. The summed E-state index contributed by atoms with van der Waals surface area (Å²) in [6, 6.07) is -0.106. The molecule has 1 aliphatic heterocycles. The fourth-order valence-corrected chi connectivity index (χ4v) is 2.63. The quantitative estimate of drug-likeness (QED) is 0.800. The fraction of sp³-hybridized carbons (Fsp3) is 0.867. The zero-order valence-electron chi connectivity index (χ0n) is 13.7. The number of methoxy groups -OCH3 is 1. The van der Waals surface area contributed by atoms with Crippen LogP contribution >= 0.6 is 0 Å². The number of hydrogen-bond acceptors (Lipinski definition) is 4. The van der Waals surface area contributed by atoms with Gasteiger partial charge < -0.3 is 20.3 Å². The average Bonchev–Trinajstić information content (AvgIpc) is 2.36. The van der Waals surface area contributed by atoms with E-state index in [-0.39, 0.29) is 29.9 Å². The highest BCUT2D eigenvalue weighted by molar-refractivity contribution is 5.79. The molecule has 0 radical (unpaired) electrons. The molecule has 0 aromatic heterocycles. The number of ether oxygens (including phenoxy) is 1. The Hall–Kier alpha value is -1.14. The lowest BCUT2D eigenvalue weighted by atomic mass is 9.87. The SMILES string of the molecule is COCC(=O)N1CCN(C(=O)CC(N)CC(C)(C)C)CC1. The van der Waals surface area contributed by atoms with Crippen molar-refractivity contribution in [3.8, 4) is 0 Å². The molecule has 1 heterocycles. The van der Waals surface area contributed by atoms with Crippen molar-refractivity contribution in [1.82, 2.24) is 9.80 Å². The standard InChI is InChI=1S/C15H29N3O3/c1-15(2,3)10-12(16)9-13(19)17-5-7-18(8-6-17)14(20)11-21-4/h12H,5-11,16H2,1-4H3. The summed E-state index contributed by atoms with van der Waals surface area (Å²) in [5, 5.41) is 0. The van der Waals surface area contributed by atoms with Crippen LogP contribution < -0.4 is 5.73 Å². The fourth-order valence-electron chi connectivity index (χ4n) is 2.63. The van der Waals surface area contributed by atoms with Crippen molar-refractivity contribution >= 4 is 11.8 Å². The average molecular weight is 299 g/mol. The maximum Gasteiger partial charge on any atom is 0.248 e. The van der Waals surface area contributed by atoms with Crippen LogP contribution in [-0.4, -0.2) is 67.6 Å². The molecule has 0 spiro atoms. The number of nitrogens with zero attached hydrogens (tertiary/aromatic N) is 2. The minimum Gasteiger partial charge on any atom is -0.375 e. The summed E-state index contributed by atoms with van der Waals surface area (Å²) < 4.78 is 4.84. The van der Waals surface area contributed by atoms with Crippen molar-refractivity contribution < 1.29 is 14.3 Å². The molecular formula is C15H29N3O3. The lowest BCUT2D eigenvalue weighted by Gasteiger charge is -2.35. The van der Waals surface area contributed by atoms with Crippen molar-refractivity contribution in [1.29, 1.82) is 0 Å². The number of nitrogens with two attached hydrogens (primary N) is 1. The van der Waals surface area contributed by atoms with Gasteiger partial charge in [-0.25, -0.2) is 0 Å². The number of carbonyl (C=O) groups is 2. The minimum absolute atomic E-state index is 0.0194. The van der Waals surface area contributed by atoms with E-state index < -0.39 is 0 Å². The van der Waals surface area contributed by atoms with Crippen LogP contribution in [0.4, 0.5) is 0 Å². The molecule has 21 heavy (non-hydrogen) atoms. The van der Waals surface area contributed by atoms with E-state index in [1.807, 2.05) is 0 Å². The lowest BCUT2D eigenvalue weighted by Crippen LogP contribution is -2.52. The summed E-state index contributed by atoms with van der Waals surface area (Å²) in [4.78, 5) is 27.4. The third-order valence-corrected chi connectivity index (χ3v) is 3.56. The van der Waals surface area contributed by atoms with Crippen molar-refractivity contribution in [2.75, 3.05) is 39.9 Å². The predicted molar refractivity (Wildman–Crippen MR) is 81.7 cm³/mol. The summed E-state index contributed by atoms with van der Waals surface area (Å²) in [5.74, 6) is 0.0691. The first-order chi connectivity index (χ1) is 9.73. The van der Waals surface area contributed by atoms with E-state index in [1.165, 1.54) is 7.11 Å². The molecular weight excluding hydrogens is 270 g/mol. The molecule has 6 heteroatoms. The van der Waals surface area contributed by atoms with Crippen LogP contribution in [0.15, 0.2) is 0 Å². The van der Waals surface area contributed by atoms with E-state index in [2.05, 4.69) is 20.8 Å². The Morgan fingerprint density at radius 2 is 1.57 bits per heavy atom. The van der Waals surface area contributed by atoms with Gasteiger partial charge in [0.1, 0.15) is 6.61 Å². The molecule has 1 fully saturated rings. The molecule has 0 aromatic rings. The van der Waals surface area contributed by atoms with Gasteiger partial charge in [-0.05, 0) is 11.8 Å². The van der Waals surface area contributed by atoms with E-state index in [4.69, 9.17) is 10.5 Å². The Bertz CT molecular complexity index is 358. The molecule has 0 aliphatic carbocycles. The molecule has 2 N–H and O–H groups in total. The van der Waals surface area contributed by atoms with Gasteiger partial charge in [0.05, 0.1) is 0 Å². The molecule has 0 saturated carbocycles. The molecule has 6 nitrogen and oxygen atoms in total. The van der Waals surface area contributed by atoms with Crippen molar-refractivity contribution in [2.45, 2.75) is 39.7 Å². The molecule has 0 aromatic carbocycles. The van der Waals surface area contributed by atoms with Gasteiger partial charge >= 0.3 is 0 Å². The summed E-state index contributed by atoms with van der Waals surface area (Å²) >= 11 is 0. The Kier molecular flexibility index (Phi) is 6.61. The van der Waals surface area contributed by atoms with E-state index in [0.29, 0.717) is 32.6 Å². The predicted octanol–water partition coefficient (Wildman–Crippen LogP) is 0.457. The van der Waals surface area contributed by atoms with Gasteiger partial charge in [-0.2, -0.15) is 0 Å². The van der Waals surface area contributed by atoms with Gasteiger partial charge in [0.25, 0.3) is 0 Å². The normalized spacial score (nSPS) is 17.8. The summed E-state index contributed by atoms with van der Waals surface area (Å²) in [6.45, 7) is 8.77. The van der Waals surface area contributed by atoms with Crippen LogP contribution in [0.1, 0.15) is 33.6 Å². The van der Waals surface area contributed by atoms with Gasteiger partial charge in [0.15, 0.2) is 0 Å². The summed E-state index contributed by atoms with van der Waals surface area (Å²) in [6.07, 6.45) is 1.20. The lowest BCUT2D eigenvalue weighted by molar-refractivity contribution is -0.142. The first-order valence-electron chi connectivity index (χ1n) is 7.53. The zero-order valence-corrected chi connectivity index (χ0v) is 13.7. The zero-order chi connectivity index (χ0) is 16.0. The third-order valence-electron chi connectivity index (χ3n) is 3.56. The first-order valence-corrected chi connectivity index (χ1v) is 7.53. The Balaban J connectivity index is 2.36. The van der Waals surface area contributed by atoms with Crippen molar-refractivity contribution in [3.05, 3.63) is 0 Å². The molecule has 1 atom stereocenters. The molecule has 1 unspecified atom stereocenters. The van der Waals surface area contributed by atoms with Gasteiger partial charge in [0, 0.05) is 45.8 Å². The van der Waals surface area contributed by atoms with Crippen LogP contribution in [0.5, 0.6) is 0 Å². The van der Waals surface area contributed by atoms with E-state index in [1.54, 1.807) is 9.80 Å². The number of hydrogen-bond donors (Lipinski definition) is 1. The van der Waals surface area contributed by atoms with E-state index >= 15 is 0 Å². The largest absolute Gasteiger partial charge is 0.375 e. The number of carbonyl (C=O) groups excluding carboxylic acids is 2. The first kappa shape index (κ1) is 17.9. The monoisotopic (exact) mass is 299 g/mol. The number of amides is 2. The highest BCUT2D eigenvalue weighted by atomic mass is 16.5. The summed E-state index contributed by atoms with van der Waals surface area (Å²) in [5.41, 5.74) is 6.18. The third kappa shape index (κ3) is 6.44. The Labute approximate surface area is 127 Å². The van der Waals surface area contributed by atoms with Gasteiger partial charge in [-0.15, -0.1) is 0 Å². The highest BCUT2D eigenvalue weighted by Gasteiger charge is 2.26. The van der Waals surface area contributed by atoms with Gasteiger partial charge in [-0.1, -0.05) is 20.8 Å². The second-order valence-corrected chi connectivity index (χ2v) is 6.92. The maximum absolute atomic E-state index is 12.2. The molecule has 2 amide bonds. The van der Waals surface area contributed by atoms with E-state index in [9.17, 15) is 9.59 Å². The van der Waals surface area contributed by atoms with Crippen LogP contribution in [0.25, 0.3) is 0 Å². The number of rotatable bonds is 5. The maximum atomic E-state index is 12.2. The highest BCUT2D eigenvalue weighted by Crippen LogP contribution is 2.21. The van der Waals surface area contributed by atoms with Crippen LogP contribution in [0, 0.1) is 5.41 Å². The second kappa shape index (κ2) is 7.75. The van der Waals surface area contributed by atoms with Gasteiger partial charge in [-0.3, -0.25) is 9.59 Å². The molecule has 1 rings (SSSR count). The molecule has 0 bridgehead atoms. The van der Waals surface area contributed by atoms with Crippen LogP contribution in [-0.2, 0) is 14.3 Å². The second-order valence-electron chi connectivity index (χ2n) is 6.92. The van der Waals surface area contributed by atoms with Crippen molar-refractivity contribution in [2.24, 2.45) is 11.1 Å². The van der Waals surface area contributed by atoms with Crippen molar-refractivity contribution in [3.63, 3.8) is 0 Å². The smallest absolute Gasteiger partial charge is 0.248 e. The van der Waals surface area contributed by atoms with Crippen LogP contribution in [0.3, 0.4) is 0 Å². The minimum atomic E-state index is -0.106. The van der Waals surface area contributed by atoms with Gasteiger partial charge in [0.2, 0.25) is 11.8 Å².